The third-order valence-corrected chi connectivity index (χ3v) is 6.74. The highest BCUT2D eigenvalue weighted by Crippen LogP contribution is 2.27. The molecule has 134 valence electrons. The number of hydrogen-bond acceptors (Lipinski definition) is 5. The van der Waals surface area contributed by atoms with Crippen molar-refractivity contribution < 1.29 is 21.6 Å². The smallest absolute Gasteiger partial charge is 0.252 e. The molecule has 1 amide bonds. The van der Waals surface area contributed by atoms with E-state index in [2.05, 4.69) is 5.32 Å². The van der Waals surface area contributed by atoms with Crippen molar-refractivity contribution in [3.8, 4) is 0 Å². The van der Waals surface area contributed by atoms with Crippen LogP contribution in [-0.4, -0.2) is 53.6 Å². The number of halogens is 1. The van der Waals surface area contributed by atoms with Crippen LogP contribution < -0.4 is 9.62 Å². The van der Waals surface area contributed by atoms with Gasteiger partial charge in [-0.3, -0.25) is 9.10 Å². The Labute approximate surface area is 147 Å². The monoisotopic (exact) mass is 394 g/mol. The van der Waals surface area contributed by atoms with Gasteiger partial charge < -0.3 is 5.32 Å². The first-order chi connectivity index (χ1) is 11.1. The summed E-state index contributed by atoms with van der Waals surface area (Å²) in [6.45, 7) is 0.319. The van der Waals surface area contributed by atoms with Gasteiger partial charge in [-0.2, -0.15) is 0 Å². The van der Waals surface area contributed by atoms with E-state index in [1.165, 1.54) is 16.4 Å². The van der Waals surface area contributed by atoms with Crippen LogP contribution in [0.3, 0.4) is 0 Å². The van der Waals surface area contributed by atoms with Crippen molar-refractivity contribution in [3.63, 3.8) is 0 Å². The van der Waals surface area contributed by atoms with E-state index in [4.69, 9.17) is 11.6 Å². The van der Waals surface area contributed by atoms with Gasteiger partial charge >= 0.3 is 0 Å². The van der Waals surface area contributed by atoms with E-state index in [0.717, 1.165) is 12.7 Å². The molecule has 1 aromatic rings. The van der Waals surface area contributed by atoms with Crippen LogP contribution in [-0.2, 0) is 19.9 Å². The summed E-state index contributed by atoms with van der Waals surface area (Å²) in [7, 11) is -6.58. The van der Waals surface area contributed by atoms with E-state index < -0.39 is 25.8 Å². The summed E-state index contributed by atoms with van der Waals surface area (Å²) >= 11 is 6.02. The van der Waals surface area contributed by atoms with Gasteiger partial charge in [0.05, 0.1) is 27.8 Å². The number of nitrogens with zero attached hydrogens (tertiary/aromatic N) is 1. The highest BCUT2D eigenvalue weighted by atomic mass is 35.5. The number of carbonyl (C=O) groups excluding carboxylic acids is 1. The molecule has 7 nitrogen and oxygen atoms in total. The SMILES string of the molecule is CS(=O)(=O)CCNC(=O)c1cc(N2CCCCS2(=O)=O)ccc1Cl. The van der Waals surface area contributed by atoms with Gasteiger partial charge in [0.1, 0.15) is 9.84 Å². The van der Waals surface area contributed by atoms with Crippen LogP contribution in [0.5, 0.6) is 0 Å². The zero-order valence-corrected chi connectivity index (χ0v) is 15.5. The van der Waals surface area contributed by atoms with Crippen molar-refractivity contribution in [2.75, 3.05) is 35.2 Å². The van der Waals surface area contributed by atoms with E-state index in [1.54, 1.807) is 6.07 Å². The van der Waals surface area contributed by atoms with Crippen molar-refractivity contribution in [1.29, 1.82) is 0 Å². The van der Waals surface area contributed by atoms with E-state index in [1.807, 2.05) is 0 Å². The third-order valence-electron chi connectivity index (χ3n) is 3.59. The molecule has 1 aliphatic heterocycles. The second-order valence-electron chi connectivity index (χ2n) is 5.65. The Morgan fingerprint density at radius 1 is 1.33 bits per heavy atom. The summed E-state index contributed by atoms with van der Waals surface area (Å²) in [5.41, 5.74) is 0.496. The van der Waals surface area contributed by atoms with Gasteiger partial charge in [0.15, 0.2) is 0 Å². The molecule has 0 atom stereocenters. The second kappa shape index (κ2) is 7.28. The number of amides is 1. The molecular weight excluding hydrogens is 376 g/mol. The summed E-state index contributed by atoms with van der Waals surface area (Å²) in [6, 6.07) is 4.44. The molecule has 0 spiro atoms. The van der Waals surface area contributed by atoms with Gasteiger partial charge in [-0.1, -0.05) is 11.6 Å². The Hall–Kier alpha value is -1.32. The fourth-order valence-corrected chi connectivity index (χ4v) is 4.67. The first-order valence-corrected chi connectivity index (χ1v) is 11.4. The van der Waals surface area contributed by atoms with Gasteiger partial charge in [-0.15, -0.1) is 0 Å². The average Bonchev–Trinajstić information content (AvgIpc) is 2.46. The second-order valence-corrected chi connectivity index (χ2v) is 10.3. The number of sulfone groups is 1. The van der Waals surface area contributed by atoms with Crippen LogP contribution in [0.1, 0.15) is 23.2 Å². The molecule has 24 heavy (non-hydrogen) atoms. The number of anilines is 1. The lowest BCUT2D eigenvalue weighted by atomic mass is 10.1. The summed E-state index contributed by atoms with van der Waals surface area (Å²) in [4.78, 5) is 12.2. The van der Waals surface area contributed by atoms with Crippen molar-refractivity contribution in [3.05, 3.63) is 28.8 Å². The minimum Gasteiger partial charge on any atom is -0.351 e. The largest absolute Gasteiger partial charge is 0.351 e. The van der Waals surface area contributed by atoms with Gasteiger partial charge in [0.2, 0.25) is 10.0 Å². The summed E-state index contributed by atoms with van der Waals surface area (Å²) in [6.07, 6.45) is 2.44. The van der Waals surface area contributed by atoms with Crippen LogP contribution in [0.25, 0.3) is 0 Å². The Morgan fingerprint density at radius 3 is 2.67 bits per heavy atom. The molecule has 10 heteroatoms. The van der Waals surface area contributed by atoms with E-state index in [-0.39, 0.29) is 28.6 Å². The molecule has 1 N–H and O–H groups in total. The minimum atomic E-state index is -3.39. The van der Waals surface area contributed by atoms with Crippen LogP contribution in [0.4, 0.5) is 5.69 Å². The van der Waals surface area contributed by atoms with Crippen molar-refractivity contribution in [2.45, 2.75) is 12.8 Å². The third kappa shape index (κ3) is 4.84. The molecule has 0 bridgehead atoms. The number of nitrogens with one attached hydrogen (secondary N) is 1. The highest BCUT2D eigenvalue weighted by molar-refractivity contribution is 7.92. The normalized spacial score (nSPS) is 17.5. The summed E-state index contributed by atoms with van der Waals surface area (Å²) in [5, 5.41) is 2.65. The molecule has 0 radical (unpaired) electrons. The summed E-state index contributed by atoms with van der Waals surface area (Å²) < 4.78 is 47.8. The number of carbonyl (C=O) groups is 1. The molecule has 2 rings (SSSR count). The molecule has 1 aromatic carbocycles. The van der Waals surface area contributed by atoms with Crippen LogP contribution in [0, 0.1) is 0 Å². The number of rotatable bonds is 5. The van der Waals surface area contributed by atoms with Crippen molar-refractivity contribution in [1.82, 2.24) is 5.32 Å². The maximum atomic E-state index is 12.2. The number of benzene rings is 1. The zero-order valence-electron chi connectivity index (χ0n) is 13.2. The first-order valence-electron chi connectivity index (χ1n) is 7.36. The maximum absolute atomic E-state index is 12.2. The lowest BCUT2D eigenvalue weighted by molar-refractivity contribution is 0.0956. The van der Waals surface area contributed by atoms with Crippen LogP contribution in [0.15, 0.2) is 18.2 Å². The number of hydrogen-bond donors (Lipinski definition) is 1. The zero-order chi connectivity index (χ0) is 18.0. The van der Waals surface area contributed by atoms with Gasteiger partial charge in [-0.25, -0.2) is 16.8 Å². The molecule has 1 fully saturated rings. The Kier molecular flexibility index (Phi) is 5.77. The highest BCUT2D eigenvalue weighted by Gasteiger charge is 2.27. The topological polar surface area (TPSA) is 101 Å². The predicted octanol–water partition coefficient (Wildman–Crippen LogP) is 1.04. The molecule has 0 aliphatic carbocycles. The summed E-state index contributed by atoms with van der Waals surface area (Å²) in [5.74, 6) is -0.651. The lowest BCUT2D eigenvalue weighted by Gasteiger charge is -2.28. The van der Waals surface area contributed by atoms with E-state index in [9.17, 15) is 21.6 Å². The van der Waals surface area contributed by atoms with E-state index in [0.29, 0.717) is 18.7 Å². The molecule has 0 saturated carbocycles. The fraction of sp³-hybridized carbons (Fsp3) is 0.500. The van der Waals surface area contributed by atoms with Gasteiger partial charge in [0, 0.05) is 19.3 Å². The molecule has 1 heterocycles. The molecule has 0 aromatic heterocycles. The Morgan fingerprint density at radius 2 is 2.04 bits per heavy atom. The maximum Gasteiger partial charge on any atom is 0.252 e. The predicted molar refractivity (Wildman–Crippen MR) is 93.9 cm³/mol. The molecular formula is C14H19ClN2O5S2. The van der Waals surface area contributed by atoms with E-state index >= 15 is 0 Å². The first kappa shape index (κ1) is 19.0. The average molecular weight is 395 g/mol. The van der Waals surface area contributed by atoms with Gasteiger partial charge in [-0.05, 0) is 31.0 Å². The Balaban J connectivity index is 2.20. The van der Waals surface area contributed by atoms with Crippen LogP contribution >= 0.6 is 11.6 Å². The van der Waals surface area contributed by atoms with Gasteiger partial charge in [0.25, 0.3) is 5.91 Å². The molecule has 0 unspecified atom stereocenters. The standard InChI is InChI=1S/C14H19ClN2O5S2/c1-23(19,20)9-6-16-14(18)12-10-11(4-5-13(12)15)17-7-2-3-8-24(17,21)22/h4-5,10H,2-3,6-9H2,1H3,(H,16,18). The fourth-order valence-electron chi connectivity index (χ4n) is 2.37. The van der Waals surface area contributed by atoms with Crippen molar-refractivity contribution in [2.24, 2.45) is 0 Å². The number of sulfonamides is 1. The molecule has 1 saturated heterocycles. The lowest BCUT2D eigenvalue weighted by Crippen LogP contribution is -2.38. The quantitative estimate of drug-likeness (QED) is 0.804. The minimum absolute atomic E-state index is 0.0414. The Bertz CT molecular complexity index is 837. The van der Waals surface area contributed by atoms with Crippen LogP contribution in [0.2, 0.25) is 5.02 Å². The van der Waals surface area contributed by atoms with Crippen molar-refractivity contribution >= 4 is 43.1 Å². The molecule has 1 aliphatic rings.